The van der Waals surface area contributed by atoms with E-state index in [1.165, 1.54) is 31.1 Å². The molecule has 0 bridgehead atoms. The van der Waals surface area contributed by atoms with Crippen LogP contribution in [-0.4, -0.2) is 50.3 Å². The lowest BCUT2D eigenvalue weighted by Gasteiger charge is -2.52. The van der Waals surface area contributed by atoms with E-state index in [1.54, 1.807) is 0 Å². The number of halogens is 1. The molecule has 4 unspecified atom stereocenters. The Bertz CT molecular complexity index is 2430. The SMILES string of the molecule is C=C1/C(=C(\C)Cl)CC(O[Si](c2ccccc2)(c2ccccc2)C(C)(C)C)C(OC(CCC(C)(C)C)O[SiH](c2ccccc2)c2ccccc2)C1O[Si](c1ccccc1)(c1ccccc1)C(C)(C)C. The number of allylic oxidation sites excluding steroid dienone is 1. The normalized spacial score (nSPS) is 18.6. The van der Waals surface area contributed by atoms with E-state index in [9.17, 15) is 0 Å². The lowest BCUT2D eigenvalue weighted by atomic mass is 9.83. The summed E-state index contributed by atoms with van der Waals surface area (Å²) >= 11 is 7.30. The average Bonchev–Trinajstić information content (AvgIpc) is 3.32. The van der Waals surface area contributed by atoms with E-state index in [2.05, 4.69) is 244 Å². The number of hydrogen-bond acceptors (Lipinski definition) is 4. The molecular formula is C60H73ClO4Si3. The Balaban J connectivity index is 1.50. The van der Waals surface area contributed by atoms with Crippen LogP contribution in [0.25, 0.3) is 0 Å². The van der Waals surface area contributed by atoms with Gasteiger partial charge >= 0.3 is 0 Å². The van der Waals surface area contributed by atoms with Crippen molar-refractivity contribution in [3.05, 3.63) is 205 Å². The van der Waals surface area contributed by atoms with E-state index in [0.29, 0.717) is 17.9 Å². The first-order valence-electron chi connectivity index (χ1n) is 24.4. The first kappa shape index (κ1) is 51.4. The van der Waals surface area contributed by atoms with E-state index in [1.807, 2.05) is 6.92 Å². The number of benzene rings is 6. The Morgan fingerprint density at radius 2 is 0.926 bits per heavy atom. The molecule has 0 aliphatic heterocycles. The third-order valence-corrected chi connectivity index (χ3v) is 26.5. The van der Waals surface area contributed by atoms with Crippen LogP contribution in [0, 0.1) is 5.41 Å². The van der Waals surface area contributed by atoms with Gasteiger partial charge in [0.15, 0.2) is 0 Å². The van der Waals surface area contributed by atoms with Crippen LogP contribution in [0.4, 0.5) is 0 Å². The molecule has 4 atom stereocenters. The summed E-state index contributed by atoms with van der Waals surface area (Å²) in [5.74, 6) is 0. The van der Waals surface area contributed by atoms with Crippen LogP contribution in [0.2, 0.25) is 10.1 Å². The predicted octanol–water partition coefficient (Wildman–Crippen LogP) is 11.4. The topological polar surface area (TPSA) is 36.9 Å². The van der Waals surface area contributed by atoms with Crippen molar-refractivity contribution >= 4 is 68.4 Å². The second kappa shape index (κ2) is 21.7. The third kappa shape index (κ3) is 11.3. The molecule has 1 aliphatic rings. The van der Waals surface area contributed by atoms with Gasteiger partial charge in [-0.1, -0.05) is 262 Å². The number of ether oxygens (including phenoxy) is 1. The molecule has 6 aromatic carbocycles. The second-order valence-corrected chi connectivity index (χ2v) is 33.2. The molecule has 0 radical (unpaired) electrons. The summed E-state index contributed by atoms with van der Waals surface area (Å²) in [6, 6.07) is 64.9. The highest BCUT2D eigenvalue weighted by Crippen LogP contribution is 2.46. The highest BCUT2D eigenvalue weighted by Gasteiger charge is 2.58. The van der Waals surface area contributed by atoms with Gasteiger partial charge in [0.1, 0.15) is 12.4 Å². The van der Waals surface area contributed by atoms with Crippen LogP contribution in [0.15, 0.2) is 205 Å². The zero-order valence-corrected chi connectivity index (χ0v) is 46.0. The van der Waals surface area contributed by atoms with Crippen molar-refractivity contribution in [2.75, 3.05) is 0 Å². The van der Waals surface area contributed by atoms with Gasteiger partial charge in [0.2, 0.25) is 9.04 Å². The highest BCUT2D eigenvalue weighted by atomic mass is 35.5. The second-order valence-electron chi connectivity index (χ2n) is 21.7. The van der Waals surface area contributed by atoms with Crippen molar-refractivity contribution < 1.29 is 18.0 Å². The Kier molecular flexibility index (Phi) is 16.4. The molecule has 0 N–H and O–H groups in total. The Morgan fingerprint density at radius 3 is 1.26 bits per heavy atom. The zero-order valence-electron chi connectivity index (χ0n) is 42.0. The molecule has 0 heterocycles. The highest BCUT2D eigenvalue weighted by molar-refractivity contribution is 7.00. The van der Waals surface area contributed by atoms with E-state index in [0.717, 1.165) is 17.6 Å². The molecule has 8 heteroatoms. The Hall–Kier alpha value is -4.42. The van der Waals surface area contributed by atoms with E-state index < -0.39 is 50.3 Å². The molecular weight excluding hydrogens is 904 g/mol. The summed E-state index contributed by atoms with van der Waals surface area (Å²) < 4.78 is 32.1. The molecule has 0 amide bonds. The van der Waals surface area contributed by atoms with Gasteiger partial charge in [0, 0.05) is 11.5 Å². The fraction of sp³-hybridized carbons (Fsp3) is 0.333. The summed E-state index contributed by atoms with van der Waals surface area (Å²) in [4.78, 5) is 0. The monoisotopic (exact) mass is 976 g/mol. The smallest absolute Gasteiger partial charge is 0.262 e. The summed E-state index contributed by atoms with van der Waals surface area (Å²) in [5.41, 5.74) is 1.79. The van der Waals surface area contributed by atoms with Crippen molar-refractivity contribution in [2.24, 2.45) is 5.41 Å². The largest absolute Gasteiger partial charge is 0.401 e. The molecule has 0 saturated heterocycles. The molecule has 4 nitrogen and oxygen atoms in total. The summed E-state index contributed by atoms with van der Waals surface area (Å²) in [6.45, 7) is 27.8. The van der Waals surface area contributed by atoms with E-state index in [4.69, 9.17) is 36.2 Å². The minimum Gasteiger partial charge on any atom is -0.401 e. The van der Waals surface area contributed by atoms with Crippen LogP contribution in [0.1, 0.15) is 88.5 Å². The molecule has 356 valence electrons. The lowest BCUT2D eigenvalue weighted by Crippen LogP contribution is -2.72. The van der Waals surface area contributed by atoms with Crippen molar-refractivity contribution in [1.29, 1.82) is 0 Å². The number of hydrogen-bond donors (Lipinski definition) is 0. The van der Waals surface area contributed by atoms with E-state index >= 15 is 0 Å². The van der Waals surface area contributed by atoms with Crippen molar-refractivity contribution in [2.45, 2.75) is 123 Å². The van der Waals surface area contributed by atoms with Gasteiger partial charge in [-0.25, -0.2) is 0 Å². The molecule has 68 heavy (non-hydrogen) atoms. The maximum absolute atomic E-state index is 8.30. The van der Waals surface area contributed by atoms with Crippen LogP contribution in [-0.2, 0) is 18.0 Å². The molecule has 1 fully saturated rings. The average molecular weight is 978 g/mol. The molecule has 0 aromatic heterocycles. The van der Waals surface area contributed by atoms with Gasteiger partial charge in [-0.2, -0.15) is 0 Å². The van der Waals surface area contributed by atoms with Crippen molar-refractivity contribution in [3.8, 4) is 0 Å². The Labute approximate surface area is 417 Å². The van der Waals surface area contributed by atoms with Crippen LogP contribution in [0.3, 0.4) is 0 Å². The summed E-state index contributed by atoms with van der Waals surface area (Å²) in [7, 11) is -8.79. The minimum atomic E-state index is -3.26. The van der Waals surface area contributed by atoms with Crippen LogP contribution >= 0.6 is 11.6 Å². The maximum Gasteiger partial charge on any atom is 0.262 e. The van der Waals surface area contributed by atoms with Crippen LogP contribution < -0.4 is 31.1 Å². The number of rotatable bonds is 16. The zero-order chi connectivity index (χ0) is 48.7. The quantitative estimate of drug-likeness (QED) is 0.0715. The van der Waals surface area contributed by atoms with Gasteiger partial charge < -0.3 is 18.0 Å². The van der Waals surface area contributed by atoms with E-state index in [-0.39, 0.29) is 15.5 Å². The lowest BCUT2D eigenvalue weighted by molar-refractivity contribution is -0.180. The molecule has 7 rings (SSSR count). The molecule has 6 aromatic rings. The van der Waals surface area contributed by atoms with Gasteiger partial charge in [0.25, 0.3) is 16.6 Å². The molecule has 0 spiro atoms. The minimum absolute atomic E-state index is 0.0129. The fourth-order valence-corrected chi connectivity index (χ4v) is 22.1. The summed E-state index contributed by atoms with van der Waals surface area (Å²) in [5, 5.41) is 7.15. The third-order valence-electron chi connectivity index (χ3n) is 13.6. The first-order chi connectivity index (χ1) is 32.4. The van der Waals surface area contributed by atoms with Crippen molar-refractivity contribution in [3.63, 3.8) is 0 Å². The van der Waals surface area contributed by atoms with Crippen LogP contribution in [0.5, 0.6) is 0 Å². The molecule has 1 aliphatic carbocycles. The van der Waals surface area contributed by atoms with Gasteiger partial charge in [-0.05, 0) is 77.5 Å². The Morgan fingerprint density at radius 1 is 0.574 bits per heavy atom. The van der Waals surface area contributed by atoms with Gasteiger partial charge in [-0.15, -0.1) is 0 Å². The van der Waals surface area contributed by atoms with Gasteiger partial charge in [0.05, 0.1) is 12.2 Å². The fourth-order valence-electron chi connectivity index (χ4n) is 10.2. The maximum atomic E-state index is 8.30. The standard InChI is InChI=1S/C60H73ClO4Si3/c1-45-53(46(2)61)44-54(64-67(59(6,7)8,49-34-22-14-23-35-49)50-36-24-15-25-37-50)57(56(45)65-68(60(9,10)11,51-38-26-16-27-39-51)52-40-28-17-29-41-52)62-55(42-43-58(3,4)5)63-66(47-30-18-12-19-31-47)48-32-20-13-21-33-48/h12-41,54-57,66H,1,42-44H2,2-11H3/b53-46+. The van der Waals surface area contributed by atoms with Crippen molar-refractivity contribution in [1.82, 2.24) is 0 Å². The van der Waals surface area contributed by atoms with Gasteiger partial charge in [-0.3, -0.25) is 0 Å². The predicted molar refractivity (Wildman–Crippen MR) is 295 cm³/mol. The molecule has 1 saturated carbocycles. The summed E-state index contributed by atoms with van der Waals surface area (Å²) in [6.07, 6.45) is -0.412. The first-order valence-corrected chi connectivity index (χ1v) is 30.2.